The largest absolute Gasteiger partial charge is 0.379 e. The molecule has 0 radical (unpaired) electrons. The predicted molar refractivity (Wildman–Crippen MR) is 149 cm³/mol. The third-order valence-electron chi connectivity index (χ3n) is 7.12. The average Bonchev–Trinajstić information content (AvgIpc) is 3.37. The number of benzene rings is 2. The van der Waals surface area contributed by atoms with Gasteiger partial charge in [0.25, 0.3) is 5.56 Å². The molecule has 0 saturated carbocycles. The molecule has 1 amide bonds. The first kappa shape index (κ1) is 24.6. The van der Waals surface area contributed by atoms with Gasteiger partial charge < -0.3 is 20.4 Å². The number of H-pyrrole nitrogens is 1. The van der Waals surface area contributed by atoms with Crippen molar-refractivity contribution in [2.45, 2.75) is 18.5 Å². The number of aromatic nitrogens is 4. The number of ether oxygens (including phenoxy) is 1. The summed E-state index contributed by atoms with van der Waals surface area (Å²) in [5.74, 6) is -0.0795. The fourth-order valence-corrected chi connectivity index (χ4v) is 4.89. The average molecular weight is 521 g/mol. The zero-order valence-electron chi connectivity index (χ0n) is 21.3. The summed E-state index contributed by atoms with van der Waals surface area (Å²) < 4.78 is 7.02. The number of hydrogen-bond donors (Lipinski definition) is 3. The van der Waals surface area contributed by atoms with Crippen LogP contribution in [0, 0.1) is 0 Å². The Hall–Kier alpha value is -4.76. The Labute approximate surface area is 224 Å². The van der Waals surface area contributed by atoms with Crippen LogP contribution in [0.5, 0.6) is 0 Å². The van der Waals surface area contributed by atoms with Crippen molar-refractivity contribution in [3.63, 3.8) is 0 Å². The minimum Gasteiger partial charge on any atom is -0.379 e. The fourth-order valence-electron chi connectivity index (χ4n) is 4.89. The standard InChI is InChI=1S/C30H28N6O3/c37-27(32-15-24-13-22-14-31-12-11-25(22)35-24)17-36-26(21-7-3-1-4-8-21)16-33-28(29(36)38)34-18-30(19-39-20-30)23-9-5-2-6-10-23/h1-14,16,35H,15,17-20H2,(H,32,37)(H,33,34). The van der Waals surface area contributed by atoms with Crippen LogP contribution in [0.4, 0.5) is 5.82 Å². The number of amides is 1. The molecule has 1 saturated heterocycles. The van der Waals surface area contributed by atoms with Gasteiger partial charge in [-0.2, -0.15) is 0 Å². The number of pyridine rings is 1. The molecule has 3 N–H and O–H groups in total. The molecule has 0 atom stereocenters. The lowest BCUT2D eigenvalue weighted by molar-refractivity contribution is -0.121. The Bertz CT molecular complexity index is 1630. The lowest BCUT2D eigenvalue weighted by Gasteiger charge is -2.42. The van der Waals surface area contributed by atoms with Crippen molar-refractivity contribution < 1.29 is 9.53 Å². The Morgan fingerprint density at radius 1 is 1.03 bits per heavy atom. The monoisotopic (exact) mass is 520 g/mol. The van der Waals surface area contributed by atoms with Crippen LogP contribution in [0.3, 0.4) is 0 Å². The van der Waals surface area contributed by atoms with Crippen LogP contribution in [0.1, 0.15) is 11.3 Å². The van der Waals surface area contributed by atoms with Crippen LogP contribution < -0.4 is 16.2 Å². The lowest BCUT2D eigenvalue weighted by Crippen LogP contribution is -2.52. The topological polar surface area (TPSA) is 114 Å². The summed E-state index contributed by atoms with van der Waals surface area (Å²) in [5.41, 5.74) is 3.74. The van der Waals surface area contributed by atoms with Crippen molar-refractivity contribution in [3.05, 3.63) is 113 Å². The van der Waals surface area contributed by atoms with E-state index in [1.54, 1.807) is 18.6 Å². The van der Waals surface area contributed by atoms with Gasteiger partial charge in [0.1, 0.15) is 6.54 Å². The van der Waals surface area contributed by atoms with E-state index in [-0.39, 0.29) is 29.2 Å². The number of anilines is 1. The number of carbonyl (C=O) groups is 1. The molecule has 9 heteroatoms. The molecule has 0 aliphatic carbocycles. The molecular formula is C30H28N6O3. The molecule has 5 aromatic rings. The molecular weight excluding hydrogens is 492 g/mol. The van der Waals surface area contributed by atoms with Crippen LogP contribution >= 0.6 is 0 Å². The molecule has 1 aliphatic rings. The molecule has 0 bridgehead atoms. The summed E-state index contributed by atoms with van der Waals surface area (Å²) in [6, 6.07) is 23.4. The van der Waals surface area contributed by atoms with Gasteiger partial charge in [0.15, 0.2) is 5.82 Å². The van der Waals surface area contributed by atoms with E-state index in [1.165, 1.54) is 4.57 Å². The maximum absolute atomic E-state index is 13.7. The quantitative estimate of drug-likeness (QED) is 0.274. The Kier molecular flexibility index (Phi) is 6.64. The van der Waals surface area contributed by atoms with Crippen LogP contribution in [0.2, 0.25) is 0 Å². The van der Waals surface area contributed by atoms with E-state index in [1.807, 2.05) is 60.7 Å². The third kappa shape index (κ3) is 5.04. The zero-order chi connectivity index (χ0) is 26.7. The molecule has 2 aromatic carbocycles. The van der Waals surface area contributed by atoms with Crippen molar-refractivity contribution in [2.75, 3.05) is 25.1 Å². The highest BCUT2D eigenvalue weighted by Crippen LogP contribution is 2.32. The van der Waals surface area contributed by atoms with Gasteiger partial charge in [-0.05, 0) is 23.3 Å². The van der Waals surface area contributed by atoms with E-state index in [2.05, 4.69) is 37.7 Å². The summed E-state index contributed by atoms with van der Waals surface area (Å²) in [5, 5.41) is 7.15. The van der Waals surface area contributed by atoms with Crippen molar-refractivity contribution in [2.24, 2.45) is 0 Å². The second-order valence-corrected chi connectivity index (χ2v) is 9.78. The maximum atomic E-state index is 13.7. The van der Waals surface area contributed by atoms with Crippen molar-refractivity contribution >= 4 is 22.6 Å². The number of fused-ring (bicyclic) bond motifs is 1. The highest BCUT2D eigenvalue weighted by Gasteiger charge is 2.40. The third-order valence-corrected chi connectivity index (χ3v) is 7.12. The van der Waals surface area contributed by atoms with Gasteiger partial charge in [0.05, 0.1) is 37.1 Å². The smallest absolute Gasteiger partial charge is 0.294 e. The van der Waals surface area contributed by atoms with E-state index in [0.29, 0.717) is 32.0 Å². The summed E-state index contributed by atoms with van der Waals surface area (Å²) in [7, 11) is 0. The van der Waals surface area contributed by atoms with E-state index in [0.717, 1.165) is 27.7 Å². The van der Waals surface area contributed by atoms with Gasteiger partial charge in [-0.25, -0.2) is 4.98 Å². The number of nitrogens with one attached hydrogen (secondary N) is 3. The molecule has 196 valence electrons. The molecule has 39 heavy (non-hydrogen) atoms. The Morgan fingerprint density at radius 2 is 1.79 bits per heavy atom. The minimum absolute atomic E-state index is 0.144. The molecule has 0 unspecified atom stereocenters. The van der Waals surface area contributed by atoms with Gasteiger partial charge >= 0.3 is 0 Å². The number of nitrogens with zero attached hydrogens (tertiary/aromatic N) is 3. The number of rotatable bonds is 9. The van der Waals surface area contributed by atoms with Gasteiger partial charge in [-0.15, -0.1) is 0 Å². The van der Waals surface area contributed by atoms with E-state index >= 15 is 0 Å². The van der Waals surface area contributed by atoms with Crippen molar-refractivity contribution in [1.29, 1.82) is 0 Å². The van der Waals surface area contributed by atoms with E-state index in [4.69, 9.17) is 4.74 Å². The summed E-state index contributed by atoms with van der Waals surface area (Å²) in [6.07, 6.45) is 5.13. The lowest BCUT2D eigenvalue weighted by atomic mass is 9.78. The van der Waals surface area contributed by atoms with Crippen LogP contribution in [0.25, 0.3) is 22.2 Å². The fraction of sp³-hybridized carbons (Fsp3) is 0.200. The Balaban J connectivity index is 1.23. The molecule has 6 rings (SSSR count). The first-order chi connectivity index (χ1) is 19.1. The van der Waals surface area contributed by atoms with E-state index < -0.39 is 0 Å². The first-order valence-corrected chi connectivity index (χ1v) is 12.8. The Morgan fingerprint density at radius 3 is 2.51 bits per heavy atom. The van der Waals surface area contributed by atoms with Crippen LogP contribution in [0.15, 0.2) is 96.2 Å². The van der Waals surface area contributed by atoms with Crippen LogP contribution in [-0.2, 0) is 28.0 Å². The summed E-state index contributed by atoms with van der Waals surface area (Å²) >= 11 is 0. The maximum Gasteiger partial charge on any atom is 0.294 e. The van der Waals surface area contributed by atoms with Crippen molar-refractivity contribution in [3.8, 4) is 11.3 Å². The molecule has 9 nitrogen and oxygen atoms in total. The second kappa shape index (κ2) is 10.5. The summed E-state index contributed by atoms with van der Waals surface area (Å²) in [6.45, 7) is 1.78. The van der Waals surface area contributed by atoms with Gasteiger partial charge in [-0.1, -0.05) is 60.7 Å². The SMILES string of the molecule is O=C(Cn1c(-c2ccccc2)cnc(NCC2(c3ccccc3)COC2)c1=O)NCc1cc2cnccc2[nH]1. The minimum atomic E-state index is -0.355. The number of aromatic amines is 1. The second-order valence-electron chi connectivity index (χ2n) is 9.78. The van der Waals surface area contributed by atoms with Gasteiger partial charge in [-0.3, -0.25) is 19.1 Å². The predicted octanol–water partition coefficient (Wildman–Crippen LogP) is 3.48. The number of carbonyl (C=O) groups excluding carboxylic acids is 1. The number of hydrogen-bond acceptors (Lipinski definition) is 6. The molecule has 1 fully saturated rings. The highest BCUT2D eigenvalue weighted by atomic mass is 16.5. The molecule has 4 heterocycles. The van der Waals surface area contributed by atoms with E-state index in [9.17, 15) is 9.59 Å². The van der Waals surface area contributed by atoms with Gasteiger partial charge in [0, 0.05) is 35.5 Å². The first-order valence-electron chi connectivity index (χ1n) is 12.8. The molecule has 0 spiro atoms. The summed E-state index contributed by atoms with van der Waals surface area (Å²) in [4.78, 5) is 38.6. The van der Waals surface area contributed by atoms with Crippen molar-refractivity contribution in [1.82, 2.24) is 24.8 Å². The van der Waals surface area contributed by atoms with Crippen LogP contribution in [-0.4, -0.2) is 45.2 Å². The molecule has 3 aromatic heterocycles. The normalized spacial score (nSPS) is 14.1. The zero-order valence-corrected chi connectivity index (χ0v) is 21.3. The highest BCUT2D eigenvalue weighted by molar-refractivity contribution is 5.80. The molecule has 1 aliphatic heterocycles. The van der Waals surface area contributed by atoms with Gasteiger partial charge in [0.2, 0.25) is 5.91 Å².